The molecule has 0 saturated carbocycles. The second-order valence-electron chi connectivity index (χ2n) is 6.52. The van der Waals surface area contributed by atoms with Crippen LogP contribution in [0.1, 0.15) is 5.69 Å². The molecule has 1 atom stereocenters. The van der Waals surface area contributed by atoms with E-state index < -0.39 is 6.10 Å². The van der Waals surface area contributed by atoms with E-state index in [1.165, 1.54) is 11.3 Å². The Labute approximate surface area is 174 Å². The zero-order chi connectivity index (χ0) is 20.0. The summed E-state index contributed by atoms with van der Waals surface area (Å²) in [6.45, 7) is 1.98. The molecule has 5 rings (SSSR count). The first-order valence-corrected chi connectivity index (χ1v) is 10.1. The van der Waals surface area contributed by atoms with E-state index in [0.29, 0.717) is 33.0 Å². The van der Waals surface area contributed by atoms with Crippen molar-refractivity contribution >= 4 is 44.9 Å². The fraction of sp³-hybridized carbons (Fsp3) is 0.150. The summed E-state index contributed by atoms with van der Waals surface area (Å²) in [5.41, 5.74) is 1.46. The lowest BCUT2D eigenvalue weighted by atomic mass is 10.2. The van der Waals surface area contributed by atoms with Gasteiger partial charge in [-0.1, -0.05) is 41.1 Å². The molecule has 1 aliphatic heterocycles. The predicted molar refractivity (Wildman–Crippen MR) is 111 cm³/mol. The number of nitrogens with one attached hydrogen (secondary N) is 1. The summed E-state index contributed by atoms with van der Waals surface area (Å²) in [5.74, 6) is 1.36. The molecule has 0 spiro atoms. The number of benzene rings is 2. The van der Waals surface area contributed by atoms with E-state index in [2.05, 4.69) is 15.4 Å². The molecule has 9 heteroatoms. The molecule has 2 aromatic carbocycles. The lowest BCUT2D eigenvalue weighted by Crippen LogP contribution is -2.40. The number of aromatic nitrogens is 3. The summed E-state index contributed by atoms with van der Waals surface area (Å²) in [6, 6.07) is 14.7. The Hall–Kier alpha value is -3.10. The molecule has 1 unspecified atom stereocenters. The van der Waals surface area contributed by atoms with Crippen molar-refractivity contribution < 1.29 is 14.3 Å². The zero-order valence-electron chi connectivity index (χ0n) is 15.3. The number of hydrogen-bond donors (Lipinski definition) is 1. The van der Waals surface area contributed by atoms with Crippen LogP contribution in [0.5, 0.6) is 11.5 Å². The third kappa shape index (κ3) is 3.30. The molecule has 1 amide bonds. The van der Waals surface area contributed by atoms with Gasteiger partial charge in [-0.15, -0.1) is 0 Å². The Bertz CT molecular complexity index is 1240. The van der Waals surface area contributed by atoms with Gasteiger partial charge in [0, 0.05) is 6.07 Å². The van der Waals surface area contributed by atoms with Crippen LogP contribution in [-0.2, 0) is 4.79 Å². The van der Waals surface area contributed by atoms with Crippen molar-refractivity contribution in [2.75, 3.05) is 11.9 Å². The number of nitrogens with zero attached hydrogens (tertiary/aromatic N) is 3. The molecule has 0 radical (unpaired) electrons. The van der Waals surface area contributed by atoms with Crippen LogP contribution >= 0.6 is 22.9 Å². The number of ether oxygens (including phenoxy) is 2. The van der Waals surface area contributed by atoms with Crippen molar-refractivity contribution in [3.05, 3.63) is 59.2 Å². The maximum absolute atomic E-state index is 12.8. The number of fused-ring (bicyclic) bond motifs is 2. The van der Waals surface area contributed by atoms with Crippen LogP contribution in [0.25, 0.3) is 15.3 Å². The molecule has 7 nitrogen and oxygen atoms in total. The Balaban J connectivity index is 1.42. The van der Waals surface area contributed by atoms with Gasteiger partial charge < -0.3 is 14.8 Å². The van der Waals surface area contributed by atoms with E-state index in [1.54, 1.807) is 28.9 Å². The fourth-order valence-corrected chi connectivity index (χ4v) is 4.31. The Kier molecular flexibility index (Phi) is 4.37. The molecule has 0 fully saturated rings. The molecule has 29 heavy (non-hydrogen) atoms. The number of para-hydroxylation sites is 3. The van der Waals surface area contributed by atoms with Gasteiger partial charge in [-0.2, -0.15) is 9.78 Å². The molecule has 0 bridgehead atoms. The number of carbonyl (C=O) groups is 1. The van der Waals surface area contributed by atoms with Gasteiger partial charge in [-0.3, -0.25) is 4.79 Å². The Morgan fingerprint density at radius 2 is 2.07 bits per heavy atom. The number of amides is 1. The van der Waals surface area contributed by atoms with Gasteiger partial charge in [0.1, 0.15) is 17.9 Å². The minimum Gasteiger partial charge on any atom is -0.485 e. The molecular weight excluding hydrogens is 412 g/mol. The van der Waals surface area contributed by atoms with E-state index in [9.17, 15) is 4.79 Å². The van der Waals surface area contributed by atoms with E-state index in [1.807, 2.05) is 31.2 Å². The first-order valence-electron chi connectivity index (χ1n) is 8.90. The molecule has 3 heterocycles. The minimum absolute atomic E-state index is 0.132. The third-order valence-corrected chi connectivity index (χ3v) is 5.72. The van der Waals surface area contributed by atoms with Gasteiger partial charge in [-0.05, 0) is 31.2 Å². The first-order chi connectivity index (χ1) is 14.1. The van der Waals surface area contributed by atoms with Crippen LogP contribution < -0.4 is 14.8 Å². The first kappa shape index (κ1) is 18.0. The molecule has 146 valence electrons. The van der Waals surface area contributed by atoms with Crippen molar-refractivity contribution in [2.45, 2.75) is 13.0 Å². The van der Waals surface area contributed by atoms with Gasteiger partial charge in [0.05, 0.1) is 15.4 Å². The summed E-state index contributed by atoms with van der Waals surface area (Å²) < 4.78 is 14.0. The molecule has 4 aromatic rings. The van der Waals surface area contributed by atoms with Crippen molar-refractivity contribution in [1.82, 2.24) is 14.8 Å². The lowest BCUT2D eigenvalue weighted by molar-refractivity contribution is -0.125. The van der Waals surface area contributed by atoms with Crippen molar-refractivity contribution in [3.8, 4) is 16.6 Å². The Morgan fingerprint density at radius 3 is 2.90 bits per heavy atom. The maximum Gasteiger partial charge on any atom is 0.270 e. The third-order valence-electron chi connectivity index (χ3n) is 4.42. The van der Waals surface area contributed by atoms with E-state index in [-0.39, 0.29) is 12.5 Å². The maximum atomic E-state index is 12.8. The van der Waals surface area contributed by atoms with Crippen LogP contribution in [0.15, 0.2) is 48.5 Å². The van der Waals surface area contributed by atoms with Crippen LogP contribution in [0, 0.1) is 6.92 Å². The van der Waals surface area contributed by atoms with Gasteiger partial charge in [0.2, 0.25) is 11.2 Å². The van der Waals surface area contributed by atoms with Gasteiger partial charge in [-0.25, -0.2) is 4.98 Å². The van der Waals surface area contributed by atoms with Crippen LogP contribution in [0.3, 0.4) is 0 Å². The smallest absolute Gasteiger partial charge is 0.270 e. The highest BCUT2D eigenvalue weighted by Crippen LogP contribution is 2.33. The average molecular weight is 427 g/mol. The SMILES string of the molecule is Cc1cc(NC(=O)C2COc3ccccc3O2)n(-c2nc3c(Cl)cccc3s2)n1. The second kappa shape index (κ2) is 7.06. The molecule has 1 N–H and O–H groups in total. The number of anilines is 1. The van der Waals surface area contributed by atoms with E-state index >= 15 is 0 Å². The molecular formula is C20H15ClN4O3S. The summed E-state index contributed by atoms with van der Waals surface area (Å²) >= 11 is 7.69. The highest BCUT2D eigenvalue weighted by atomic mass is 35.5. The van der Waals surface area contributed by atoms with Crippen LogP contribution in [-0.4, -0.2) is 33.4 Å². The van der Waals surface area contributed by atoms with Gasteiger partial charge in [0.25, 0.3) is 5.91 Å². The zero-order valence-corrected chi connectivity index (χ0v) is 16.8. The van der Waals surface area contributed by atoms with E-state index in [0.717, 1.165) is 10.4 Å². The number of halogens is 1. The van der Waals surface area contributed by atoms with Gasteiger partial charge in [0.15, 0.2) is 11.5 Å². The normalized spacial score (nSPS) is 15.4. The molecule has 0 aliphatic carbocycles. The number of aryl methyl sites for hydroxylation is 1. The summed E-state index contributed by atoms with van der Waals surface area (Å²) in [7, 11) is 0. The quantitative estimate of drug-likeness (QED) is 0.530. The predicted octanol–water partition coefficient (Wildman–Crippen LogP) is 4.22. The monoisotopic (exact) mass is 426 g/mol. The van der Waals surface area contributed by atoms with Crippen molar-refractivity contribution in [1.29, 1.82) is 0 Å². The molecule has 0 saturated heterocycles. The number of hydrogen-bond acceptors (Lipinski definition) is 6. The van der Waals surface area contributed by atoms with Gasteiger partial charge >= 0.3 is 0 Å². The minimum atomic E-state index is -0.765. The average Bonchev–Trinajstić information content (AvgIpc) is 3.31. The lowest BCUT2D eigenvalue weighted by Gasteiger charge is -2.25. The summed E-state index contributed by atoms with van der Waals surface area (Å²) in [6.07, 6.45) is -0.765. The highest BCUT2D eigenvalue weighted by molar-refractivity contribution is 7.20. The Morgan fingerprint density at radius 1 is 1.24 bits per heavy atom. The van der Waals surface area contributed by atoms with Crippen LogP contribution in [0.4, 0.5) is 5.82 Å². The molecule has 1 aliphatic rings. The number of rotatable bonds is 3. The highest BCUT2D eigenvalue weighted by Gasteiger charge is 2.28. The van der Waals surface area contributed by atoms with Crippen LogP contribution in [0.2, 0.25) is 5.02 Å². The number of thiazole rings is 1. The second-order valence-corrected chi connectivity index (χ2v) is 7.94. The summed E-state index contributed by atoms with van der Waals surface area (Å²) in [4.78, 5) is 17.4. The molecule has 2 aromatic heterocycles. The topological polar surface area (TPSA) is 78.3 Å². The largest absolute Gasteiger partial charge is 0.485 e. The summed E-state index contributed by atoms with van der Waals surface area (Å²) in [5, 5.41) is 8.54. The fourth-order valence-electron chi connectivity index (χ4n) is 3.08. The standard InChI is InChI=1S/C20H15ClN4O3S/c1-11-9-17(22-19(26)15-10-27-13-6-2-3-7-14(13)28-15)25(24-11)20-23-18-12(21)5-4-8-16(18)29-20/h2-9,15H,10H2,1H3,(H,22,26). The van der Waals surface area contributed by atoms with E-state index in [4.69, 9.17) is 21.1 Å². The number of carbonyl (C=O) groups excluding carboxylic acids is 1. The van der Waals surface area contributed by atoms with Crippen molar-refractivity contribution in [3.63, 3.8) is 0 Å². The van der Waals surface area contributed by atoms with Crippen molar-refractivity contribution in [2.24, 2.45) is 0 Å².